The molecule has 0 unspecified atom stereocenters. The predicted octanol–water partition coefficient (Wildman–Crippen LogP) is 7.79. The maximum absolute atomic E-state index is 13.9. The smallest absolute Gasteiger partial charge is 0.254 e. The number of aromatic nitrogens is 1. The van der Waals surface area contributed by atoms with Gasteiger partial charge in [-0.3, -0.25) is 9.59 Å². The number of hydrazone groups is 1. The van der Waals surface area contributed by atoms with Crippen molar-refractivity contribution in [3.63, 3.8) is 0 Å². The standard InChI is InChI=1S/C34H37BrClN3O2/c1-2-38-28(20-24-6-4-3-5-7-24)21-30(40)31(35)29(38)15-10-23-16-18-34(19-17-23)32(26-11-12-26)37-39(33(34)41)22-25-8-13-27(36)14-9-25/h3-9,13-14,21,23,26H,2,10-12,15-20,22H2,1H3. The van der Waals surface area contributed by atoms with Crippen molar-refractivity contribution in [1.29, 1.82) is 0 Å². The lowest BCUT2D eigenvalue weighted by Crippen LogP contribution is -2.43. The van der Waals surface area contributed by atoms with E-state index < -0.39 is 5.41 Å². The Morgan fingerprint density at radius 3 is 2.34 bits per heavy atom. The average molecular weight is 635 g/mol. The number of amides is 1. The zero-order valence-corrected chi connectivity index (χ0v) is 26.0. The van der Waals surface area contributed by atoms with Gasteiger partial charge in [-0.15, -0.1) is 0 Å². The first-order valence-corrected chi connectivity index (χ1v) is 16.2. The summed E-state index contributed by atoms with van der Waals surface area (Å²) in [7, 11) is 0. The number of halogens is 2. The molecule has 3 aliphatic rings. The normalized spacial score (nSPS) is 22.4. The molecule has 214 valence electrons. The molecule has 2 aliphatic carbocycles. The zero-order chi connectivity index (χ0) is 28.6. The molecule has 6 rings (SSSR count). The minimum absolute atomic E-state index is 0.0563. The van der Waals surface area contributed by atoms with E-state index in [1.165, 1.54) is 5.56 Å². The average Bonchev–Trinajstić information content (AvgIpc) is 3.79. The van der Waals surface area contributed by atoms with Crippen LogP contribution in [0.5, 0.6) is 0 Å². The number of hydrogen-bond donors (Lipinski definition) is 0. The van der Waals surface area contributed by atoms with Crippen molar-refractivity contribution < 1.29 is 4.79 Å². The minimum Gasteiger partial charge on any atom is -0.347 e. The number of benzene rings is 2. The molecule has 1 aromatic heterocycles. The Kier molecular flexibility index (Phi) is 8.24. The van der Waals surface area contributed by atoms with Crippen molar-refractivity contribution >= 4 is 39.1 Å². The Bertz CT molecular complexity index is 1500. The summed E-state index contributed by atoms with van der Waals surface area (Å²) in [5, 5.41) is 7.38. The second-order valence-corrected chi connectivity index (χ2v) is 13.2. The second-order valence-electron chi connectivity index (χ2n) is 12.0. The molecule has 0 saturated heterocycles. The van der Waals surface area contributed by atoms with Crippen LogP contribution in [0.15, 0.2) is 75.0 Å². The first-order chi connectivity index (χ1) is 19.9. The molecule has 1 aliphatic heterocycles. The van der Waals surface area contributed by atoms with E-state index in [-0.39, 0.29) is 11.3 Å². The van der Waals surface area contributed by atoms with Gasteiger partial charge in [-0.1, -0.05) is 54.1 Å². The van der Waals surface area contributed by atoms with Crippen LogP contribution >= 0.6 is 27.5 Å². The Morgan fingerprint density at radius 1 is 0.976 bits per heavy atom. The first-order valence-electron chi connectivity index (χ1n) is 15.0. The van der Waals surface area contributed by atoms with Crippen LogP contribution in [-0.2, 0) is 30.7 Å². The quantitative estimate of drug-likeness (QED) is 0.241. The molecule has 7 heteroatoms. The Morgan fingerprint density at radius 2 is 1.68 bits per heavy atom. The predicted molar refractivity (Wildman–Crippen MR) is 168 cm³/mol. The summed E-state index contributed by atoms with van der Waals surface area (Å²) in [6.07, 6.45) is 8.69. The summed E-state index contributed by atoms with van der Waals surface area (Å²) < 4.78 is 3.01. The molecular weight excluding hydrogens is 598 g/mol. The van der Waals surface area contributed by atoms with Gasteiger partial charge in [0.2, 0.25) is 0 Å². The van der Waals surface area contributed by atoms with E-state index in [4.69, 9.17) is 16.7 Å². The maximum atomic E-state index is 13.9. The lowest BCUT2D eigenvalue weighted by atomic mass is 9.65. The number of pyridine rings is 1. The highest BCUT2D eigenvalue weighted by molar-refractivity contribution is 9.10. The zero-order valence-electron chi connectivity index (χ0n) is 23.6. The van der Waals surface area contributed by atoms with Gasteiger partial charge in [0.05, 0.1) is 22.1 Å². The van der Waals surface area contributed by atoms with E-state index in [0.29, 0.717) is 27.9 Å². The van der Waals surface area contributed by atoms with Crippen LogP contribution in [-0.4, -0.2) is 21.2 Å². The van der Waals surface area contributed by atoms with Gasteiger partial charge in [0, 0.05) is 41.4 Å². The molecule has 0 bridgehead atoms. The Labute approximate surface area is 255 Å². The van der Waals surface area contributed by atoms with E-state index in [1.807, 2.05) is 42.5 Å². The lowest BCUT2D eigenvalue weighted by molar-refractivity contribution is -0.138. The molecule has 2 aromatic carbocycles. The Balaban J connectivity index is 1.14. The summed E-state index contributed by atoms with van der Waals surface area (Å²) in [5.74, 6) is 1.18. The summed E-state index contributed by atoms with van der Waals surface area (Å²) in [4.78, 5) is 26.8. The third-order valence-electron chi connectivity index (χ3n) is 9.30. The number of rotatable bonds is 9. The fourth-order valence-corrected chi connectivity index (χ4v) is 7.57. The van der Waals surface area contributed by atoms with Gasteiger partial charge in [0.25, 0.3) is 5.91 Å². The fraction of sp³-hybridized carbons (Fsp3) is 0.441. The van der Waals surface area contributed by atoms with E-state index in [0.717, 1.165) is 87.0 Å². The van der Waals surface area contributed by atoms with Gasteiger partial charge in [0.15, 0.2) is 5.43 Å². The molecular formula is C34H37BrClN3O2. The van der Waals surface area contributed by atoms with Crippen molar-refractivity contribution in [3.05, 3.63) is 103 Å². The number of carbonyl (C=O) groups excluding carboxylic acids is 1. The van der Waals surface area contributed by atoms with E-state index in [9.17, 15) is 9.59 Å². The fourth-order valence-electron chi connectivity index (χ4n) is 6.91. The minimum atomic E-state index is -0.425. The highest BCUT2D eigenvalue weighted by Crippen LogP contribution is 2.51. The van der Waals surface area contributed by atoms with Crippen molar-refractivity contribution in [3.8, 4) is 0 Å². The van der Waals surface area contributed by atoms with E-state index in [1.54, 1.807) is 11.1 Å². The maximum Gasteiger partial charge on any atom is 0.254 e. The summed E-state index contributed by atoms with van der Waals surface area (Å²) in [5.41, 5.74) is 5.19. The Hall–Kier alpha value is -2.70. The molecule has 2 heterocycles. The van der Waals surface area contributed by atoms with Gasteiger partial charge < -0.3 is 4.57 Å². The van der Waals surface area contributed by atoms with Crippen LogP contribution < -0.4 is 5.43 Å². The summed E-state index contributed by atoms with van der Waals surface area (Å²) >= 11 is 9.71. The third-order valence-corrected chi connectivity index (χ3v) is 10.4. The largest absolute Gasteiger partial charge is 0.347 e. The van der Waals surface area contributed by atoms with Gasteiger partial charge in [-0.2, -0.15) is 5.10 Å². The number of nitrogens with zero attached hydrogens (tertiary/aromatic N) is 3. The third kappa shape index (κ3) is 5.83. The molecule has 0 N–H and O–H groups in total. The summed E-state index contributed by atoms with van der Waals surface area (Å²) in [6, 6.07) is 19.8. The number of carbonyl (C=O) groups is 1. The molecule has 3 aromatic rings. The topological polar surface area (TPSA) is 54.7 Å². The number of hydrogen-bond acceptors (Lipinski definition) is 3. The van der Waals surface area contributed by atoms with Crippen molar-refractivity contribution in [1.82, 2.24) is 9.58 Å². The van der Waals surface area contributed by atoms with Crippen molar-refractivity contribution in [2.24, 2.45) is 22.4 Å². The van der Waals surface area contributed by atoms with Crippen LogP contribution in [0.4, 0.5) is 0 Å². The van der Waals surface area contributed by atoms with Crippen molar-refractivity contribution in [2.45, 2.75) is 77.8 Å². The highest BCUT2D eigenvalue weighted by atomic mass is 79.9. The van der Waals surface area contributed by atoms with Crippen LogP contribution in [0.1, 0.15) is 74.4 Å². The lowest BCUT2D eigenvalue weighted by Gasteiger charge is -2.37. The molecule has 1 amide bonds. The molecule has 0 radical (unpaired) electrons. The first kappa shape index (κ1) is 28.4. The molecule has 2 saturated carbocycles. The van der Waals surface area contributed by atoms with Crippen LogP contribution in [0.25, 0.3) is 0 Å². The molecule has 41 heavy (non-hydrogen) atoms. The molecule has 1 spiro atoms. The molecule has 2 fully saturated rings. The monoisotopic (exact) mass is 633 g/mol. The van der Waals surface area contributed by atoms with Crippen LogP contribution in [0, 0.1) is 17.3 Å². The van der Waals surface area contributed by atoms with Gasteiger partial charge in [0.1, 0.15) is 0 Å². The second kappa shape index (κ2) is 11.9. The van der Waals surface area contributed by atoms with E-state index >= 15 is 0 Å². The van der Waals surface area contributed by atoms with Gasteiger partial charge >= 0.3 is 0 Å². The van der Waals surface area contributed by atoms with Gasteiger partial charge in [-0.25, -0.2) is 5.01 Å². The van der Waals surface area contributed by atoms with Crippen LogP contribution in [0.3, 0.4) is 0 Å². The van der Waals surface area contributed by atoms with E-state index in [2.05, 4.69) is 39.6 Å². The van der Waals surface area contributed by atoms with Gasteiger partial charge in [-0.05, 0) is 103 Å². The SMILES string of the molecule is CCn1c(Cc2ccccc2)cc(=O)c(Br)c1CCC1CCC2(CC1)C(=O)N(Cc1ccc(Cl)cc1)N=C2C1CC1. The molecule has 5 nitrogen and oxygen atoms in total. The molecule has 0 atom stereocenters. The van der Waals surface area contributed by atoms with Crippen molar-refractivity contribution in [2.75, 3.05) is 0 Å². The van der Waals surface area contributed by atoms with Crippen LogP contribution in [0.2, 0.25) is 5.02 Å². The summed E-state index contributed by atoms with van der Waals surface area (Å²) in [6.45, 7) is 3.47. The highest BCUT2D eigenvalue weighted by Gasteiger charge is 2.55.